The quantitative estimate of drug-likeness (QED) is 0.600. The van der Waals surface area contributed by atoms with Gasteiger partial charge in [-0.25, -0.2) is 0 Å². The van der Waals surface area contributed by atoms with E-state index in [2.05, 4.69) is 12.1 Å². The second kappa shape index (κ2) is 2.62. The van der Waals surface area contributed by atoms with Crippen LogP contribution in [0.3, 0.4) is 0 Å². The topological polar surface area (TPSA) is 23.8 Å². The molecule has 0 aromatic rings. The van der Waals surface area contributed by atoms with E-state index >= 15 is 0 Å². The highest BCUT2D eigenvalue weighted by molar-refractivity contribution is 7.08. The molecular formula is C10H7NS. The minimum Gasteiger partial charge on any atom is -0.192 e. The zero-order valence-electron chi connectivity index (χ0n) is 6.66. The highest BCUT2D eigenvalue weighted by Gasteiger charge is 2.11. The van der Waals surface area contributed by atoms with Crippen LogP contribution in [0, 0.1) is 18.3 Å². The molecule has 0 saturated carbocycles. The van der Waals surface area contributed by atoms with Gasteiger partial charge in [-0.15, -0.1) is 0 Å². The summed E-state index contributed by atoms with van der Waals surface area (Å²) in [6.07, 6.45) is 0. The fraction of sp³-hybridized carbons (Fsp3) is 0.100. The minimum atomic E-state index is 0.791. The predicted molar refractivity (Wildman–Crippen MR) is 50.4 cm³/mol. The van der Waals surface area contributed by atoms with Gasteiger partial charge in [0.1, 0.15) is 0 Å². The van der Waals surface area contributed by atoms with Crippen molar-refractivity contribution < 1.29 is 0 Å². The summed E-state index contributed by atoms with van der Waals surface area (Å²) in [7, 11) is 0. The van der Waals surface area contributed by atoms with Crippen molar-refractivity contribution in [1.82, 2.24) is 0 Å². The van der Waals surface area contributed by atoms with E-state index in [1.165, 1.54) is 11.1 Å². The molecule has 0 amide bonds. The average Bonchev–Trinajstić information content (AvgIpc) is 2.44. The molecule has 0 saturated heterocycles. The standard InChI is InChI=1S/C10H7NS/c1-7-4-8(5-11)10-6-12-3-2-9(7)10/h2-4,6H,1H3. The van der Waals surface area contributed by atoms with Crippen LogP contribution in [0.2, 0.25) is 0 Å². The summed E-state index contributed by atoms with van der Waals surface area (Å²) in [5.41, 5.74) is 4.27. The largest absolute Gasteiger partial charge is 0.192 e. The molecule has 0 bridgehead atoms. The smallest absolute Gasteiger partial charge is 0.0998 e. The zero-order valence-corrected chi connectivity index (χ0v) is 7.48. The number of fused-ring (bicyclic) bond motifs is 1. The maximum atomic E-state index is 8.80. The maximum absolute atomic E-state index is 8.80. The number of rotatable bonds is 0. The van der Waals surface area contributed by atoms with Gasteiger partial charge in [0, 0.05) is 5.56 Å². The number of nitriles is 1. The number of aryl methyl sites for hydroxylation is 1. The third-order valence-electron chi connectivity index (χ3n) is 1.99. The van der Waals surface area contributed by atoms with Gasteiger partial charge in [0.2, 0.25) is 0 Å². The predicted octanol–water partition coefficient (Wildman–Crippen LogP) is 3.03. The second-order valence-corrected chi connectivity index (χ2v) is 3.52. The van der Waals surface area contributed by atoms with Crippen molar-refractivity contribution in [2.45, 2.75) is 6.92 Å². The molecular weight excluding hydrogens is 166 g/mol. The maximum Gasteiger partial charge on any atom is 0.0998 e. The molecule has 2 heteroatoms. The van der Waals surface area contributed by atoms with Crippen LogP contribution < -0.4 is 0 Å². The number of hydrogen-bond acceptors (Lipinski definition) is 2. The molecule has 12 heavy (non-hydrogen) atoms. The highest BCUT2D eigenvalue weighted by atomic mass is 32.1. The lowest BCUT2D eigenvalue weighted by Crippen LogP contribution is -1.74. The molecule has 1 aliphatic carbocycles. The van der Waals surface area contributed by atoms with Crippen molar-refractivity contribution in [3.05, 3.63) is 34.0 Å². The van der Waals surface area contributed by atoms with Gasteiger partial charge in [0.25, 0.3) is 0 Å². The molecule has 1 nitrogen and oxygen atoms in total. The van der Waals surface area contributed by atoms with Gasteiger partial charge in [-0.05, 0) is 40.9 Å². The Morgan fingerprint density at radius 1 is 1.42 bits per heavy atom. The van der Waals surface area contributed by atoms with Crippen molar-refractivity contribution in [2.75, 3.05) is 0 Å². The Balaban J connectivity index is 2.81. The summed E-state index contributed by atoms with van der Waals surface area (Å²) in [5, 5.41) is 12.9. The zero-order chi connectivity index (χ0) is 8.55. The van der Waals surface area contributed by atoms with Gasteiger partial charge in [0.05, 0.1) is 11.6 Å². The molecule has 1 aliphatic heterocycles. The van der Waals surface area contributed by atoms with Crippen LogP contribution in [0.4, 0.5) is 0 Å². The van der Waals surface area contributed by atoms with E-state index < -0.39 is 0 Å². The Kier molecular flexibility index (Phi) is 1.60. The summed E-state index contributed by atoms with van der Waals surface area (Å²) in [6, 6.07) is 6.20. The minimum absolute atomic E-state index is 0.791. The van der Waals surface area contributed by atoms with Crippen LogP contribution in [-0.2, 0) is 0 Å². The third-order valence-corrected chi connectivity index (χ3v) is 2.65. The molecule has 58 valence electrons. The fourth-order valence-corrected chi connectivity index (χ4v) is 2.07. The lowest BCUT2D eigenvalue weighted by Gasteiger charge is -1.97. The first kappa shape index (κ1) is 7.33. The molecule has 0 unspecified atom stereocenters. The van der Waals surface area contributed by atoms with Gasteiger partial charge in [-0.3, -0.25) is 0 Å². The summed E-state index contributed by atoms with van der Waals surface area (Å²) in [5.74, 6) is 0. The molecule has 0 radical (unpaired) electrons. The van der Waals surface area contributed by atoms with Crippen molar-refractivity contribution in [3.8, 4) is 17.2 Å². The first-order valence-electron chi connectivity index (χ1n) is 3.68. The second-order valence-electron chi connectivity index (χ2n) is 2.74. The molecule has 2 rings (SSSR count). The van der Waals surface area contributed by atoms with Crippen molar-refractivity contribution in [3.63, 3.8) is 0 Å². The molecule has 0 atom stereocenters. The monoisotopic (exact) mass is 173 g/mol. The third kappa shape index (κ3) is 0.910. The van der Waals surface area contributed by atoms with Crippen LogP contribution in [0.15, 0.2) is 22.9 Å². The summed E-state index contributed by atoms with van der Waals surface area (Å²) >= 11 is 1.62. The van der Waals surface area contributed by atoms with Gasteiger partial charge in [-0.1, -0.05) is 0 Å². The Morgan fingerprint density at radius 3 is 3.00 bits per heavy atom. The van der Waals surface area contributed by atoms with E-state index in [4.69, 9.17) is 5.26 Å². The van der Waals surface area contributed by atoms with Crippen LogP contribution >= 0.6 is 11.3 Å². The Hall–Kier alpha value is -1.33. The first-order chi connectivity index (χ1) is 5.83. The summed E-state index contributed by atoms with van der Waals surface area (Å²) in [4.78, 5) is 0. The Labute approximate surface area is 75.2 Å². The van der Waals surface area contributed by atoms with Crippen LogP contribution in [-0.4, -0.2) is 0 Å². The lowest BCUT2D eigenvalue weighted by molar-refractivity contribution is 1.50. The molecule has 0 N–H and O–H groups in total. The van der Waals surface area contributed by atoms with Gasteiger partial charge in [-0.2, -0.15) is 16.6 Å². The van der Waals surface area contributed by atoms with E-state index in [0.29, 0.717) is 0 Å². The van der Waals surface area contributed by atoms with E-state index in [1.807, 2.05) is 23.8 Å². The SMILES string of the molecule is Cc1cc(C#N)c2csccc1-2. The van der Waals surface area contributed by atoms with Gasteiger partial charge < -0.3 is 0 Å². The van der Waals surface area contributed by atoms with Gasteiger partial charge >= 0.3 is 0 Å². The van der Waals surface area contributed by atoms with Crippen molar-refractivity contribution in [2.24, 2.45) is 0 Å². The first-order valence-corrected chi connectivity index (χ1v) is 4.63. The molecule has 0 spiro atoms. The highest BCUT2D eigenvalue weighted by Crippen LogP contribution is 2.32. The molecule has 0 fully saturated rings. The normalized spacial score (nSPS) is 10.0. The fourth-order valence-electron chi connectivity index (χ4n) is 1.38. The molecule has 1 heterocycles. The van der Waals surface area contributed by atoms with E-state index in [0.717, 1.165) is 11.1 Å². The molecule has 2 aliphatic rings. The number of hydrogen-bond donors (Lipinski definition) is 0. The number of nitrogens with zero attached hydrogens (tertiary/aromatic N) is 1. The average molecular weight is 173 g/mol. The Morgan fingerprint density at radius 2 is 2.25 bits per heavy atom. The van der Waals surface area contributed by atoms with Crippen molar-refractivity contribution in [1.29, 1.82) is 5.26 Å². The van der Waals surface area contributed by atoms with Crippen LogP contribution in [0.1, 0.15) is 11.1 Å². The summed E-state index contributed by atoms with van der Waals surface area (Å²) in [6.45, 7) is 2.04. The lowest BCUT2D eigenvalue weighted by atomic mass is 10.1. The molecule has 0 aromatic heterocycles. The Bertz CT molecular complexity index is 422. The summed E-state index contributed by atoms with van der Waals surface area (Å²) < 4.78 is 0. The van der Waals surface area contributed by atoms with E-state index in [-0.39, 0.29) is 0 Å². The van der Waals surface area contributed by atoms with Crippen LogP contribution in [0.25, 0.3) is 11.1 Å². The van der Waals surface area contributed by atoms with Gasteiger partial charge in [0.15, 0.2) is 0 Å². The molecule has 0 aromatic carbocycles. The van der Waals surface area contributed by atoms with Crippen LogP contribution in [0.5, 0.6) is 0 Å². The van der Waals surface area contributed by atoms with Crippen molar-refractivity contribution >= 4 is 11.3 Å². The van der Waals surface area contributed by atoms with E-state index in [9.17, 15) is 0 Å². The van der Waals surface area contributed by atoms with E-state index in [1.54, 1.807) is 11.3 Å².